The molecule has 0 bridgehead atoms. The zero-order valence-electron chi connectivity index (χ0n) is 17.2. The molecule has 0 unspecified atom stereocenters. The van der Waals surface area contributed by atoms with Crippen molar-refractivity contribution < 1.29 is 19.4 Å². The highest BCUT2D eigenvalue weighted by molar-refractivity contribution is 7.09. The number of carbonyl (C=O) groups is 1. The van der Waals surface area contributed by atoms with Gasteiger partial charge in [-0.1, -0.05) is 19.1 Å². The van der Waals surface area contributed by atoms with Gasteiger partial charge < -0.3 is 19.9 Å². The average Bonchev–Trinajstić information content (AvgIpc) is 3.03. The molecule has 0 aliphatic heterocycles. The van der Waals surface area contributed by atoms with E-state index in [4.69, 9.17) is 9.47 Å². The molecule has 0 radical (unpaired) electrons. The molecule has 0 aliphatic carbocycles. The van der Waals surface area contributed by atoms with E-state index >= 15 is 0 Å². The molecular weight excluding hydrogens is 376 g/mol. The van der Waals surface area contributed by atoms with Crippen molar-refractivity contribution in [2.75, 3.05) is 6.61 Å². The van der Waals surface area contributed by atoms with Crippen molar-refractivity contribution in [1.29, 1.82) is 0 Å². The fourth-order valence-corrected chi connectivity index (χ4v) is 3.19. The van der Waals surface area contributed by atoms with Crippen LogP contribution in [0.4, 0.5) is 4.79 Å². The predicted molar refractivity (Wildman–Crippen MR) is 111 cm³/mol. The van der Waals surface area contributed by atoms with Gasteiger partial charge >= 0.3 is 6.09 Å². The third-order valence-corrected chi connectivity index (χ3v) is 4.93. The van der Waals surface area contributed by atoms with Gasteiger partial charge in [0.15, 0.2) is 0 Å². The first-order chi connectivity index (χ1) is 13.2. The Labute approximate surface area is 170 Å². The molecule has 2 N–H and O–H groups in total. The van der Waals surface area contributed by atoms with Gasteiger partial charge in [0.1, 0.15) is 18.0 Å². The van der Waals surface area contributed by atoms with Gasteiger partial charge in [-0.2, -0.15) is 0 Å². The number of benzene rings is 1. The number of aliphatic hydroxyl groups is 1. The lowest BCUT2D eigenvalue weighted by atomic mass is 9.95. The Morgan fingerprint density at radius 3 is 2.50 bits per heavy atom. The number of amides is 1. The number of nitrogens with zero attached hydrogens (tertiary/aromatic N) is 1. The Morgan fingerprint density at radius 2 is 1.96 bits per heavy atom. The predicted octanol–water partition coefficient (Wildman–Crippen LogP) is 4.09. The Hall–Kier alpha value is -2.12. The number of alkyl carbamates (subject to hydrolysis) is 1. The summed E-state index contributed by atoms with van der Waals surface area (Å²) in [6, 6.07) is 7.51. The molecule has 1 heterocycles. The van der Waals surface area contributed by atoms with Crippen molar-refractivity contribution >= 4 is 17.4 Å². The van der Waals surface area contributed by atoms with Crippen molar-refractivity contribution in [3.63, 3.8) is 0 Å². The summed E-state index contributed by atoms with van der Waals surface area (Å²) < 4.78 is 11.1. The third-order valence-electron chi connectivity index (χ3n) is 4.11. The maximum Gasteiger partial charge on any atom is 0.407 e. The molecule has 0 spiro atoms. The van der Waals surface area contributed by atoms with Crippen molar-refractivity contribution in [3.05, 3.63) is 45.9 Å². The molecular formula is C21H30N2O4S. The number of thiazole rings is 1. The SMILES string of the molecule is Cc1nc(COc2ccc(C[C@H](NC(=O)OC(C)(C)C)[C@H](C)CO)cc2)cs1. The first-order valence-corrected chi connectivity index (χ1v) is 10.3. The summed E-state index contributed by atoms with van der Waals surface area (Å²) in [5, 5.41) is 15.4. The number of aromatic nitrogens is 1. The summed E-state index contributed by atoms with van der Waals surface area (Å²) in [6.45, 7) is 9.75. The van der Waals surface area contributed by atoms with E-state index in [2.05, 4.69) is 10.3 Å². The highest BCUT2D eigenvalue weighted by Gasteiger charge is 2.23. The van der Waals surface area contributed by atoms with E-state index in [1.807, 2.05) is 64.3 Å². The van der Waals surface area contributed by atoms with Crippen LogP contribution in [0.3, 0.4) is 0 Å². The zero-order chi connectivity index (χ0) is 20.7. The van der Waals surface area contributed by atoms with Crippen LogP contribution in [0.25, 0.3) is 0 Å². The quantitative estimate of drug-likeness (QED) is 0.690. The van der Waals surface area contributed by atoms with E-state index in [0.717, 1.165) is 22.0 Å². The molecule has 1 amide bonds. The molecule has 7 heteroatoms. The fourth-order valence-electron chi connectivity index (χ4n) is 2.59. The highest BCUT2D eigenvalue weighted by atomic mass is 32.1. The van der Waals surface area contributed by atoms with Crippen molar-refractivity contribution in [2.24, 2.45) is 5.92 Å². The maximum absolute atomic E-state index is 12.1. The third kappa shape index (κ3) is 7.48. The van der Waals surface area contributed by atoms with E-state index in [1.165, 1.54) is 0 Å². The molecule has 1 aromatic carbocycles. The lowest BCUT2D eigenvalue weighted by molar-refractivity contribution is 0.0475. The van der Waals surface area contributed by atoms with Gasteiger partial charge in [0.2, 0.25) is 0 Å². The summed E-state index contributed by atoms with van der Waals surface area (Å²) in [5.41, 5.74) is 1.40. The van der Waals surface area contributed by atoms with E-state index in [9.17, 15) is 9.90 Å². The average molecular weight is 407 g/mol. The van der Waals surface area contributed by atoms with Crippen LogP contribution in [0.2, 0.25) is 0 Å². The maximum atomic E-state index is 12.1. The summed E-state index contributed by atoms with van der Waals surface area (Å²) in [6.07, 6.45) is 0.114. The standard InChI is InChI=1S/C21H30N2O4S/c1-14(11-24)19(23-20(25)27-21(3,4)5)10-16-6-8-18(9-7-16)26-12-17-13-28-15(2)22-17/h6-9,13-14,19,24H,10-12H2,1-5H3,(H,23,25)/t14-,19+/m1/s1. The molecule has 2 atom stereocenters. The van der Waals surface area contributed by atoms with Crippen LogP contribution in [0.15, 0.2) is 29.6 Å². The van der Waals surface area contributed by atoms with Crippen LogP contribution < -0.4 is 10.1 Å². The molecule has 0 aliphatic rings. The first-order valence-electron chi connectivity index (χ1n) is 9.39. The molecule has 2 aromatic rings. The topological polar surface area (TPSA) is 80.7 Å². The van der Waals surface area contributed by atoms with E-state index in [0.29, 0.717) is 13.0 Å². The smallest absolute Gasteiger partial charge is 0.407 e. The van der Waals surface area contributed by atoms with Gasteiger partial charge in [0, 0.05) is 18.0 Å². The second kappa shape index (κ2) is 9.89. The molecule has 0 saturated heterocycles. The van der Waals surface area contributed by atoms with Gasteiger partial charge in [-0.25, -0.2) is 9.78 Å². The largest absolute Gasteiger partial charge is 0.487 e. The first kappa shape index (κ1) is 22.2. The van der Waals surface area contributed by atoms with Crippen molar-refractivity contribution in [3.8, 4) is 5.75 Å². The van der Waals surface area contributed by atoms with Gasteiger partial charge in [0.05, 0.1) is 10.7 Å². The van der Waals surface area contributed by atoms with E-state index in [1.54, 1.807) is 11.3 Å². The Bertz CT molecular complexity index is 753. The molecule has 2 rings (SSSR count). The lowest BCUT2D eigenvalue weighted by Gasteiger charge is -2.26. The minimum absolute atomic E-state index is 0.0191. The molecule has 28 heavy (non-hydrogen) atoms. The van der Waals surface area contributed by atoms with Gasteiger partial charge in [-0.05, 0) is 57.7 Å². The lowest BCUT2D eigenvalue weighted by Crippen LogP contribution is -2.44. The summed E-state index contributed by atoms with van der Waals surface area (Å²) >= 11 is 1.61. The van der Waals surface area contributed by atoms with Crippen LogP contribution in [0.1, 0.15) is 44.0 Å². The zero-order valence-corrected chi connectivity index (χ0v) is 18.0. The van der Waals surface area contributed by atoms with Gasteiger partial charge in [-0.15, -0.1) is 11.3 Å². The number of aliphatic hydroxyl groups excluding tert-OH is 1. The molecule has 0 fully saturated rings. The second-order valence-corrected chi connectivity index (χ2v) is 8.97. The second-order valence-electron chi connectivity index (χ2n) is 7.91. The number of nitrogens with one attached hydrogen (secondary N) is 1. The number of rotatable bonds is 8. The number of aryl methyl sites for hydroxylation is 1. The Balaban J connectivity index is 1.94. The number of hydrogen-bond acceptors (Lipinski definition) is 6. The molecule has 6 nitrogen and oxygen atoms in total. The number of hydrogen-bond donors (Lipinski definition) is 2. The van der Waals surface area contributed by atoms with Crippen molar-refractivity contribution in [2.45, 2.75) is 59.3 Å². The Kier molecular flexibility index (Phi) is 7.83. The molecule has 154 valence electrons. The monoisotopic (exact) mass is 406 g/mol. The van der Waals surface area contributed by atoms with Crippen LogP contribution >= 0.6 is 11.3 Å². The van der Waals surface area contributed by atoms with Crippen molar-refractivity contribution in [1.82, 2.24) is 10.3 Å². The van der Waals surface area contributed by atoms with Crippen LogP contribution in [0, 0.1) is 12.8 Å². The minimum atomic E-state index is -0.564. The van der Waals surface area contributed by atoms with E-state index in [-0.39, 0.29) is 18.6 Å². The number of ether oxygens (including phenoxy) is 2. The van der Waals surface area contributed by atoms with Crippen LogP contribution in [-0.4, -0.2) is 34.4 Å². The summed E-state index contributed by atoms with van der Waals surface area (Å²) in [5.74, 6) is 0.664. The minimum Gasteiger partial charge on any atom is -0.487 e. The fraction of sp³-hybridized carbons (Fsp3) is 0.524. The van der Waals surface area contributed by atoms with Gasteiger partial charge in [-0.3, -0.25) is 0 Å². The van der Waals surface area contributed by atoms with Crippen LogP contribution in [-0.2, 0) is 17.8 Å². The Morgan fingerprint density at radius 1 is 1.29 bits per heavy atom. The summed E-state index contributed by atoms with van der Waals surface area (Å²) in [4.78, 5) is 16.5. The normalized spacial score (nSPS) is 13.6. The molecule has 1 aromatic heterocycles. The summed E-state index contributed by atoms with van der Waals surface area (Å²) in [7, 11) is 0. The van der Waals surface area contributed by atoms with Crippen LogP contribution in [0.5, 0.6) is 5.75 Å². The van der Waals surface area contributed by atoms with E-state index < -0.39 is 11.7 Å². The highest BCUT2D eigenvalue weighted by Crippen LogP contribution is 2.18. The molecule has 0 saturated carbocycles. The van der Waals surface area contributed by atoms with Gasteiger partial charge in [0.25, 0.3) is 0 Å². The number of carbonyl (C=O) groups excluding carboxylic acids is 1.